The second kappa shape index (κ2) is 24.7. The van der Waals surface area contributed by atoms with Crippen molar-refractivity contribution in [3.63, 3.8) is 0 Å². The summed E-state index contributed by atoms with van der Waals surface area (Å²) < 4.78 is 1.83. The molecule has 1 N–H and O–H groups in total. The molecule has 0 aromatic carbocycles. The lowest BCUT2D eigenvalue weighted by molar-refractivity contribution is 0.737. The van der Waals surface area contributed by atoms with Crippen LogP contribution in [0, 0.1) is 5.92 Å². The number of fused-ring (bicyclic) bond motifs is 1. The molecule has 0 bridgehead atoms. The summed E-state index contributed by atoms with van der Waals surface area (Å²) in [7, 11) is 0. The molecule has 3 aromatic rings. The third-order valence-electron chi connectivity index (χ3n) is 2.77. The van der Waals surface area contributed by atoms with E-state index in [9.17, 15) is 4.79 Å². The van der Waals surface area contributed by atoms with E-state index in [1.807, 2.05) is 82.6 Å². The summed E-state index contributed by atoms with van der Waals surface area (Å²) in [6.45, 7) is 22.6. The van der Waals surface area contributed by atoms with Gasteiger partial charge in [-0.05, 0) is 41.7 Å². The number of nitrogens with one attached hydrogen (secondary N) is 1. The lowest BCUT2D eigenvalue weighted by Crippen LogP contribution is -2.04. The van der Waals surface area contributed by atoms with Crippen LogP contribution in [0.15, 0.2) is 59.8 Å². The molecule has 0 radical (unpaired) electrons. The maximum absolute atomic E-state index is 10.7. The Hall–Kier alpha value is -2.36. The van der Waals surface area contributed by atoms with Gasteiger partial charge < -0.3 is 4.98 Å². The molecule has 30 heavy (non-hydrogen) atoms. The van der Waals surface area contributed by atoms with Crippen LogP contribution in [0.4, 0.5) is 0 Å². The van der Waals surface area contributed by atoms with Gasteiger partial charge in [-0.1, -0.05) is 89.7 Å². The number of hydrogen-bond donors (Lipinski definition) is 1. The van der Waals surface area contributed by atoms with Crippen molar-refractivity contribution in [1.29, 1.82) is 0 Å². The lowest BCUT2D eigenvalue weighted by atomic mass is 10.1. The van der Waals surface area contributed by atoms with Gasteiger partial charge in [-0.2, -0.15) is 5.10 Å². The molecule has 3 aromatic heterocycles. The van der Waals surface area contributed by atoms with Crippen molar-refractivity contribution in [1.82, 2.24) is 14.6 Å². The zero-order chi connectivity index (χ0) is 23.2. The van der Waals surface area contributed by atoms with Crippen molar-refractivity contribution in [3.05, 3.63) is 70.9 Å². The topological polar surface area (TPSA) is 50.2 Å². The number of pyridine rings is 2. The third kappa shape index (κ3) is 19.0. The predicted molar refractivity (Wildman–Crippen MR) is 138 cm³/mol. The molecule has 0 spiro atoms. The van der Waals surface area contributed by atoms with Gasteiger partial charge in [0.25, 0.3) is 0 Å². The molecule has 0 saturated carbocycles. The Morgan fingerprint density at radius 3 is 1.80 bits per heavy atom. The molecule has 0 aliphatic heterocycles. The van der Waals surface area contributed by atoms with Gasteiger partial charge in [0.1, 0.15) is 0 Å². The summed E-state index contributed by atoms with van der Waals surface area (Å²) in [6.07, 6.45) is 5.39. The molecule has 0 saturated heterocycles. The van der Waals surface area contributed by atoms with E-state index in [4.69, 9.17) is 0 Å². The van der Waals surface area contributed by atoms with Crippen molar-refractivity contribution >= 4 is 5.52 Å². The average Bonchev–Trinajstić information content (AvgIpc) is 3.21. The molecule has 3 rings (SSSR count). The van der Waals surface area contributed by atoms with Crippen LogP contribution in [0.1, 0.15) is 95.1 Å². The molecular weight excluding hydrogens is 370 g/mol. The standard InChI is InChI=1S/C8H11NO.C7H6N2.C4H10.3C2H6.CH4/c1-6(2)7-3-4-9-8(10)5-7;1-2-6-9-7(3-1)4-5-8-9;1-4(2)3;3*1-2;/h3-6H,1-2H3,(H,9,10);1-6H;4H,1-3H3;3*1-2H3;1H4. The maximum Gasteiger partial charge on any atom is 0.248 e. The van der Waals surface area contributed by atoms with Gasteiger partial charge in [-0.25, -0.2) is 4.52 Å². The molecule has 3 heterocycles. The van der Waals surface area contributed by atoms with Crippen molar-refractivity contribution in [3.8, 4) is 0 Å². The number of rotatable bonds is 1. The molecule has 0 aliphatic carbocycles. The number of aromatic nitrogens is 3. The van der Waals surface area contributed by atoms with E-state index >= 15 is 0 Å². The summed E-state index contributed by atoms with van der Waals surface area (Å²) in [6, 6.07) is 11.5. The molecule has 4 heteroatoms. The van der Waals surface area contributed by atoms with Crippen molar-refractivity contribution in [2.45, 2.75) is 89.5 Å². The van der Waals surface area contributed by atoms with E-state index in [1.165, 1.54) is 0 Å². The number of nitrogens with zero attached hydrogens (tertiary/aromatic N) is 2. The first-order valence-electron chi connectivity index (χ1n) is 11.0. The molecule has 0 fully saturated rings. The smallest absolute Gasteiger partial charge is 0.248 e. The van der Waals surface area contributed by atoms with Gasteiger partial charge in [-0.15, -0.1) is 0 Å². The maximum atomic E-state index is 10.7. The Labute approximate surface area is 186 Å². The first-order valence-corrected chi connectivity index (χ1v) is 11.0. The first-order chi connectivity index (χ1) is 13.9. The highest BCUT2D eigenvalue weighted by Crippen LogP contribution is 2.09. The SMILES string of the molecule is C.CC.CC.CC.CC(C)C.CC(C)c1cc[nH]c(=O)c1.c1ccn2nccc2c1. The molecule has 0 unspecified atom stereocenters. The van der Waals surface area contributed by atoms with E-state index in [1.54, 1.807) is 18.5 Å². The van der Waals surface area contributed by atoms with E-state index < -0.39 is 0 Å². The fourth-order valence-corrected chi connectivity index (χ4v) is 1.69. The van der Waals surface area contributed by atoms with Crippen LogP contribution < -0.4 is 5.56 Å². The van der Waals surface area contributed by atoms with E-state index in [0.29, 0.717) is 5.92 Å². The summed E-state index contributed by atoms with van der Waals surface area (Å²) in [5.41, 5.74) is 2.20. The minimum Gasteiger partial charge on any atom is -0.329 e. The van der Waals surface area contributed by atoms with Crippen LogP contribution in [-0.4, -0.2) is 14.6 Å². The second-order valence-electron chi connectivity index (χ2n) is 6.27. The predicted octanol–water partition coefficient (Wildman–Crippen LogP) is 8.21. The Kier molecular flexibility index (Phi) is 28.9. The van der Waals surface area contributed by atoms with Gasteiger partial charge in [0, 0.05) is 24.7 Å². The third-order valence-corrected chi connectivity index (χ3v) is 2.77. The largest absolute Gasteiger partial charge is 0.329 e. The quantitative estimate of drug-likeness (QED) is 0.432. The van der Waals surface area contributed by atoms with Crippen LogP contribution in [0.25, 0.3) is 5.52 Å². The van der Waals surface area contributed by atoms with Gasteiger partial charge in [0.2, 0.25) is 5.56 Å². The second-order valence-corrected chi connectivity index (χ2v) is 6.27. The zero-order valence-corrected chi connectivity index (χ0v) is 20.7. The van der Waals surface area contributed by atoms with Crippen molar-refractivity contribution in [2.24, 2.45) is 5.92 Å². The van der Waals surface area contributed by atoms with Crippen molar-refractivity contribution < 1.29 is 0 Å². The molecule has 174 valence electrons. The van der Waals surface area contributed by atoms with Crippen LogP contribution in [0.2, 0.25) is 0 Å². The Morgan fingerprint density at radius 2 is 1.40 bits per heavy atom. The summed E-state index contributed by atoms with van der Waals surface area (Å²) in [5.74, 6) is 1.27. The number of H-pyrrole nitrogens is 1. The minimum atomic E-state index is -0.0220. The van der Waals surface area contributed by atoms with Gasteiger partial charge >= 0.3 is 0 Å². The van der Waals surface area contributed by atoms with Crippen LogP contribution in [0.3, 0.4) is 0 Å². The summed E-state index contributed by atoms with van der Waals surface area (Å²) in [5, 5.41) is 4.04. The highest BCUT2D eigenvalue weighted by molar-refractivity contribution is 5.44. The van der Waals surface area contributed by atoms with Gasteiger partial charge in [0.15, 0.2) is 0 Å². The Bertz CT molecular complexity index is 710. The number of aromatic amines is 1. The minimum absolute atomic E-state index is 0. The highest BCUT2D eigenvalue weighted by Gasteiger charge is 1.96. The Morgan fingerprint density at radius 1 is 0.867 bits per heavy atom. The fourth-order valence-electron chi connectivity index (χ4n) is 1.69. The molecular formula is C26H49N3O. The van der Waals surface area contributed by atoms with Crippen LogP contribution in [0.5, 0.6) is 0 Å². The first kappa shape index (κ1) is 35.1. The summed E-state index contributed by atoms with van der Waals surface area (Å²) in [4.78, 5) is 13.3. The zero-order valence-electron chi connectivity index (χ0n) is 20.7. The Balaban J connectivity index is -0.000000156. The molecule has 0 aliphatic rings. The van der Waals surface area contributed by atoms with Gasteiger partial charge in [0.05, 0.1) is 5.52 Å². The average molecular weight is 420 g/mol. The fraction of sp³-hybridized carbons (Fsp3) is 0.538. The van der Waals surface area contributed by atoms with Crippen LogP contribution >= 0.6 is 0 Å². The van der Waals surface area contributed by atoms with E-state index in [0.717, 1.165) is 17.0 Å². The normalized spacial score (nSPS) is 8.30. The molecule has 0 atom stereocenters. The highest BCUT2D eigenvalue weighted by atomic mass is 16.1. The monoisotopic (exact) mass is 419 g/mol. The molecule has 0 amide bonds. The van der Waals surface area contributed by atoms with E-state index in [-0.39, 0.29) is 13.0 Å². The van der Waals surface area contributed by atoms with Gasteiger partial charge in [-0.3, -0.25) is 4.79 Å². The van der Waals surface area contributed by atoms with Crippen LogP contribution in [-0.2, 0) is 0 Å². The van der Waals surface area contributed by atoms with E-state index in [2.05, 4.69) is 44.7 Å². The van der Waals surface area contributed by atoms with Crippen molar-refractivity contribution in [2.75, 3.05) is 0 Å². The molecule has 4 nitrogen and oxygen atoms in total. The lowest BCUT2D eigenvalue weighted by Gasteiger charge is -2.01. The number of hydrogen-bond acceptors (Lipinski definition) is 2. The summed E-state index contributed by atoms with van der Waals surface area (Å²) >= 11 is 0.